The molecule has 0 unspecified atom stereocenters. The van der Waals surface area contributed by atoms with Gasteiger partial charge in [-0.15, -0.1) is 11.3 Å². The summed E-state index contributed by atoms with van der Waals surface area (Å²) in [5.41, 5.74) is 2.31. The molecule has 4 nitrogen and oxygen atoms in total. The molecule has 0 saturated heterocycles. The van der Waals surface area contributed by atoms with Gasteiger partial charge in [-0.2, -0.15) is 5.26 Å². The van der Waals surface area contributed by atoms with Crippen LogP contribution < -0.4 is 9.47 Å². The Hall–Kier alpha value is -2.11. The van der Waals surface area contributed by atoms with Crippen molar-refractivity contribution in [2.45, 2.75) is 6.92 Å². The molecule has 126 valence electrons. The van der Waals surface area contributed by atoms with Gasteiger partial charge in [0.2, 0.25) is 0 Å². The monoisotopic (exact) mass is 462 g/mol. The lowest BCUT2D eigenvalue weighted by Gasteiger charge is -2.12. The number of thiazole rings is 1. The van der Waals surface area contributed by atoms with Crippen molar-refractivity contribution in [1.82, 2.24) is 4.98 Å². The molecule has 0 atom stereocenters. The van der Waals surface area contributed by atoms with Crippen LogP contribution in [0.4, 0.5) is 0 Å². The Morgan fingerprint density at radius 2 is 2.16 bits per heavy atom. The number of nitriles is 1. The van der Waals surface area contributed by atoms with E-state index >= 15 is 0 Å². The Morgan fingerprint density at radius 1 is 1.36 bits per heavy atom. The zero-order valence-corrected chi connectivity index (χ0v) is 16.7. The van der Waals surface area contributed by atoms with Gasteiger partial charge in [0.25, 0.3) is 0 Å². The van der Waals surface area contributed by atoms with Crippen molar-refractivity contribution in [1.29, 1.82) is 5.26 Å². The Kier molecular flexibility index (Phi) is 5.56. The fraction of sp³-hybridized carbons (Fsp3) is 0.158. The summed E-state index contributed by atoms with van der Waals surface area (Å²) >= 11 is 3.73. The molecule has 25 heavy (non-hydrogen) atoms. The first-order chi connectivity index (χ1) is 12.2. The van der Waals surface area contributed by atoms with E-state index in [0.29, 0.717) is 22.9 Å². The van der Waals surface area contributed by atoms with Crippen molar-refractivity contribution < 1.29 is 9.47 Å². The molecular formula is C19H15IN2O2S. The third-order valence-corrected chi connectivity index (χ3v) is 5.37. The van der Waals surface area contributed by atoms with Crippen molar-refractivity contribution in [3.05, 3.63) is 50.5 Å². The number of hydrogen-bond acceptors (Lipinski definition) is 5. The first-order valence-corrected chi connectivity index (χ1v) is 9.53. The maximum Gasteiger partial charge on any atom is 0.174 e. The van der Waals surface area contributed by atoms with Gasteiger partial charge in [0.15, 0.2) is 11.5 Å². The molecule has 0 fully saturated rings. The maximum absolute atomic E-state index is 9.59. The summed E-state index contributed by atoms with van der Waals surface area (Å²) in [6, 6.07) is 14.0. The molecule has 0 bridgehead atoms. The van der Waals surface area contributed by atoms with E-state index in [1.54, 1.807) is 7.11 Å². The number of ether oxygens (including phenoxy) is 2. The summed E-state index contributed by atoms with van der Waals surface area (Å²) in [6.07, 6.45) is 1.83. The minimum absolute atomic E-state index is 0.531. The molecule has 0 aliphatic carbocycles. The highest BCUT2D eigenvalue weighted by molar-refractivity contribution is 14.1. The lowest BCUT2D eigenvalue weighted by molar-refractivity contribution is 0.308. The van der Waals surface area contributed by atoms with Crippen molar-refractivity contribution in [2.24, 2.45) is 0 Å². The van der Waals surface area contributed by atoms with Gasteiger partial charge in [-0.05, 0) is 65.4 Å². The molecule has 0 saturated carbocycles. The van der Waals surface area contributed by atoms with Gasteiger partial charge in [0.1, 0.15) is 11.1 Å². The Morgan fingerprint density at radius 3 is 2.84 bits per heavy atom. The van der Waals surface area contributed by atoms with Gasteiger partial charge >= 0.3 is 0 Å². The molecule has 6 heteroatoms. The van der Waals surface area contributed by atoms with Gasteiger partial charge in [-0.25, -0.2) is 4.98 Å². The molecular weight excluding hydrogens is 447 g/mol. The standard InChI is InChI=1S/C19H15IN2O2S/c1-3-24-18-14(20)9-12(10-16(18)23-2)8-13(11-21)19-22-15-6-4-5-7-17(15)25-19/h4-10H,3H2,1-2H3. The van der Waals surface area contributed by atoms with E-state index in [1.807, 2.05) is 49.4 Å². The Bertz CT molecular complexity index is 956. The van der Waals surface area contributed by atoms with Crippen molar-refractivity contribution in [3.63, 3.8) is 0 Å². The van der Waals surface area contributed by atoms with Crippen LogP contribution in [0.5, 0.6) is 11.5 Å². The van der Waals surface area contributed by atoms with Gasteiger partial charge in [-0.1, -0.05) is 12.1 Å². The predicted octanol–water partition coefficient (Wildman–Crippen LogP) is 5.37. The molecule has 1 aromatic heterocycles. The first kappa shape index (κ1) is 17.7. The SMILES string of the molecule is CCOc1c(I)cc(C=C(C#N)c2nc3ccccc3s2)cc1OC. The molecule has 3 aromatic rings. The van der Waals surface area contributed by atoms with E-state index in [0.717, 1.165) is 25.1 Å². The van der Waals surface area contributed by atoms with Crippen molar-refractivity contribution in [3.8, 4) is 17.6 Å². The minimum Gasteiger partial charge on any atom is -0.493 e. The van der Waals surface area contributed by atoms with E-state index in [-0.39, 0.29) is 0 Å². The molecule has 1 heterocycles. The summed E-state index contributed by atoms with van der Waals surface area (Å²) in [5.74, 6) is 1.38. The van der Waals surface area contributed by atoms with Crippen LogP contribution in [0.2, 0.25) is 0 Å². The summed E-state index contributed by atoms with van der Waals surface area (Å²) in [7, 11) is 1.61. The van der Waals surface area contributed by atoms with E-state index in [4.69, 9.17) is 9.47 Å². The van der Waals surface area contributed by atoms with Crippen LogP contribution in [0.15, 0.2) is 36.4 Å². The van der Waals surface area contributed by atoms with Gasteiger partial charge in [0.05, 0.1) is 33.1 Å². The lowest BCUT2D eigenvalue weighted by atomic mass is 10.1. The third kappa shape index (κ3) is 3.78. The largest absolute Gasteiger partial charge is 0.493 e. The van der Waals surface area contributed by atoms with Gasteiger partial charge < -0.3 is 9.47 Å². The maximum atomic E-state index is 9.59. The number of fused-ring (bicyclic) bond motifs is 1. The van der Waals surface area contributed by atoms with Crippen LogP contribution in [0.3, 0.4) is 0 Å². The second-order valence-electron chi connectivity index (χ2n) is 5.12. The fourth-order valence-electron chi connectivity index (χ4n) is 2.40. The Labute approximate surface area is 163 Å². The second-order valence-corrected chi connectivity index (χ2v) is 7.32. The van der Waals surface area contributed by atoms with Crippen LogP contribution in [-0.4, -0.2) is 18.7 Å². The van der Waals surface area contributed by atoms with E-state index < -0.39 is 0 Å². The van der Waals surface area contributed by atoms with Gasteiger partial charge in [-0.3, -0.25) is 0 Å². The summed E-state index contributed by atoms with van der Waals surface area (Å²) < 4.78 is 13.1. The molecule has 0 spiro atoms. The molecule has 0 N–H and O–H groups in total. The smallest absolute Gasteiger partial charge is 0.174 e. The van der Waals surface area contributed by atoms with E-state index in [9.17, 15) is 5.26 Å². The number of allylic oxidation sites excluding steroid dienone is 1. The fourth-order valence-corrected chi connectivity index (χ4v) is 4.12. The number of aromatic nitrogens is 1. The van der Waals surface area contributed by atoms with Crippen molar-refractivity contribution >= 4 is 55.8 Å². The van der Waals surface area contributed by atoms with Crippen LogP contribution in [-0.2, 0) is 0 Å². The topological polar surface area (TPSA) is 55.1 Å². The number of rotatable bonds is 5. The first-order valence-electron chi connectivity index (χ1n) is 7.64. The number of halogens is 1. The van der Waals surface area contributed by atoms with Gasteiger partial charge in [0, 0.05) is 0 Å². The number of hydrogen-bond donors (Lipinski definition) is 0. The van der Waals surface area contributed by atoms with Crippen LogP contribution >= 0.6 is 33.9 Å². The molecule has 0 amide bonds. The second kappa shape index (κ2) is 7.85. The van der Waals surface area contributed by atoms with E-state index in [2.05, 4.69) is 33.6 Å². The van der Waals surface area contributed by atoms with Crippen LogP contribution in [0.1, 0.15) is 17.5 Å². The summed E-state index contributed by atoms with van der Waals surface area (Å²) in [4.78, 5) is 4.56. The highest BCUT2D eigenvalue weighted by atomic mass is 127. The van der Waals surface area contributed by atoms with Crippen molar-refractivity contribution in [2.75, 3.05) is 13.7 Å². The number of methoxy groups -OCH3 is 1. The molecule has 0 radical (unpaired) electrons. The van der Waals surface area contributed by atoms with Crippen LogP contribution in [0, 0.1) is 14.9 Å². The van der Waals surface area contributed by atoms with Crippen LogP contribution in [0.25, 0.3) is 21.9 Å². The predicted molar refractivity (Wildman–Crippen MR) is 110 cm³/mol. The quantitative estimate of drug-likeness (QED) is 0.378. The lowest BCUT2D eigenvalue weighted by Crippen LogP contribution is -1.98. The average molecular weight is 462 g/mol. The number of nitrogens with zero attached hydrogens (tertiary/aromatic N) is 2. The van der Waals surface area contributed by atoms with E-state index in [1.165, 1.54) is 11.3 Å². The third-order valence-electron chi connectivity index (χ3n) is 3.50. The number of benzene rings is 2. The zero-order valence-electron chi connectivity index (χ0n) is 13.7. The number of para-hydroxylation sites is 1. The summed E-state index contributed by atoms with van der Waals surface area (Å²) in [6.45, 7) is 2.50. The Balaban J connectivity index is 2.05. The minimum atomic E-state index is 0.531. The highest BCUT2D eigenvalue weighted by Gasteiger charge is 2.13. The summed E-state index contributed by atoms with van der Waals surface area (Å²) in [5, 5.41) is 10.3. The highest BCUT2D eigenvalue weighted by Crippen LogP contribution is 2.35. The zero-order chi connectivity index (χ0) is 17.8. The molecule has 0 aliphatic rings. The average Bonchev–Trinajstić information content (AvgIpc) is 3.05. The normalized spacial score (nSPS) is 11.4. The molecule has 2 aromatic carbocycles. The molecule has 0 aliphatic heterocycles. The molecule has 3 rings (SSSR count).